The zero-order valence-electron chi connectivity index (χ0n) is 8.45. The number of hydrogen-bond donors (Lipinski definition) is 2. The number of aliphatic hydroxyl groups is 1. The Balaban J connectivity index is 2.96. The summed E-state index contributed by atoms with van der Waals surface area (Å²) in [6.45, 7) is 2.43. The SMILES string of the molecule is CCc1cc(=O)[nH]c(N(C)CCO)n1. The van der Waals surface area contributed by atoms with Gasteiger partial charge in [0.05, 0.1) is 6.61 Å². The van der Waals surface area contributed by atoms with Crippen molar-refractivity contribution >= 4 is 5.95 Å². The van der Waals surface area contributed by atoms with Crippen LogP contribution in [0.5, 0.6) is 0 Å². The summed E-state index contributed by atoms with van der Waals surface area (Å²) in [7, 11) is 1.77. The summed E-state index contributed by atoms with van der Waals surface area (Å²) in [5.74, 6) is 0.503. The first kappa shape index (κ1) is 10.7. The lowest BCUT2D eigenvalue weighted by atomic mass is 10.3. The van der Waals surface area contributed by atoms with E-state index in [1.165, 1.54) is 6.07 Å². The molecule has 1 heterocycles. The monoisotopic (exact) mass is 197 g/mol. The lowest BCUT2D eigenvalue weighted by Gasteiger charge is -2.16. The highest BCUT2D eigenvalue weighted by molar-refractivity contribution is 5.28. The van der Waals surface area contributed by atoms with E-state index >= 15 is 0 Å². The molecule has 78 valence electrons. The van der Waals surface area contributed by atoms with E-state index in [-0.39, 0.29) is 12.2 Å². The van der Waals surface area contributed by atoms with E-state index < -0.39 is 0 Å². The first-order valence-electron chi connectivity index (χ1n) is 4.59. The summed E-state index contributed by atoms with van der Waals surface area (Å²) in [5, 5.41) is 8.73. The van der Waals surface area contributed by atoms with Crippen LogP contribution >= 0.6 is 0 Å². The van der Waals surface area contributed by atoms with Crippen molar-refractivity contribution in [3.05, 3.63) is 22.1 Å². The summed E-state index contributed by atoms with van der Waals surface area (Å²) in [6, 6.07) is 1.48. The number of aromatic amines is 1. The molecule has 0 fully saturated rings. The van der Waals surface area contributed by atoms with Gasteiger partial charge in [-0.05, 0) is 6.42 Å². The van der Waals surface area contributed by atoms with Crippen LogP contribution in [0.1, 0.15) is 12.6 Å². The summed E-state index contributed by atoms with van der Waals surface area (Å²) >= 11 is 0. The molecule has 2 N–H and O–H groups in total. The number of hydrogen-bond acceptors (Lipinski definition) is 4. The largest absolute Gasteiger partial charge is 0.395 e. The predicted octanol–water partition coefficient (Wildman–Crippen LogP) is -0.239. The standard InChI is InChI=1S/C9H15N3O2/c1-3-7-6-8(14)11-9(10-7)12(2)4-5-13/h6,13H,3-5H2,1-2H3,(H,10,11,14). The first-order valence-corrected chi connectivity index (χ1v) is 4.59. The van der Waals surface area contributed by atoms with E-state index in [0.29, 0.717) is 12.5 Å². The molecule has 0 spiro atoms. The third-order valence-corrected chi connectivity index (χ3v) is 1.94. The summed E-state index contributed by atoms with van der Waals surface area (Å²) in [6.07, 6.45) is 0.726. The highest BCUT2D eigenvalue weighted by atomic mass is 16.3. The second kappa shape index (κ2) is 4.76. The van der Waals surface area contributed by atoms with E-state index in [1.807, 2.05) is 6.92 Å². The molecule has 0 radical (unpaired) electrons. The van der Waals surface area contributed by atoms with Crippen molar-refractivity contribution < 1.29 is 5.11 Å². The Labute approximate surface area is 82.4 Å². The zero-order chi connectivity index (χ0) is 10.6. The molecule has 0 amide bonds. The van der Waals surface area contributed by atoms with Gasteiger partial charge in [-0.1, -0.05) is 6.92 Å². The minimum absolute atomic E-state index is 0.0383. The molecule has 0 bridgehead atoms. The van der Waals surface area contributed by atoms with Crippen LogP contribution in [0.4, 0.5) is 5.95 Å². The fourth-order valence-corrected chi connectivity index (χ4v) is 1.11. The molecule has 1 aromatic heterocycles. The van der Waals surface area contributed by atoms with Crippen LogP contribution in [0.15, 0.2) is 10.9 Å². The molecule has 0 aliphatic rings. The van der Waals surface area contributed by atoms with Crippen LogP contribution in [0, 0.1) is 0 Å². The Morgan fingerprint density at radius 3 is 2.93 bits per heavy atom. The number of nitrogens with one attached hydrogen (secondary N) is 1. The average Bonchev–Trinajstić information content (AvgIpc) is 2.17. The first-order chi connectivity index (χ1) is 6.67. The van der Waals surface area contributed by atoms with Crippen LogP contribution < -0.4 is 10.5 Å². The maximum atomic E-state index is 11.2. The maximum Gasteiger partial charge on any atom is 0.252 e. The number of aryl methyl sites for hydroxylation is 1. The number of aromatic nitrogens is 2. The minimum atomic E-state index is -0.156. The van der Waals surface area contributed by atoms with E-state index in [2.05, 4.69) is 9.97 Å². The van der Waals surface area contributed by atoms with Crippen LogP contribution in [0.3, 0.4) is 0 Å². The van der Waals surface area contributed by atoms with Gasteiger partial charge in [0.15, 0.2) is 0 Å². The van der Waals surface area contributed by atoms with Gasteiger partial charge in [0.1, 0.15) is 0 Å². The number of aliphatic hydroxyl groups excluding tert-OH is 1. The van der Waals surface area contributed by atoms with Gasteiger partial charge in [0, 0.05) is 25.4 Å². The van der Waals surface area contributed by atoms with Crippen molar-refractivity contribution in [2.45, 2.75) is 13.3 Å². The summed E-state index contributed by atoms with van der Waals surface area (Å²) in [4.78, 5) is 19.7. The molecule has 14 heavy (non-hydrogen) atoms. The molecule has 1 rings (SSSR count). The van der Waals surface area contributed by atoms with Crippen molar-refractivity contribution in [1.82, 2.24) is 9.97 Å². The zero-order valence-corrected chi connectivity index (χ0v) is 8.45. The van der Waals surface area contributed by atoms with Crippen molar-refractivity contribution in [2.75, 3.05) is 25.1 Å². The fourth-order valence-electron chi connectivity index (χ4n) is 1.11. The summed E-state index contributed by atoms with van der Waals surface area (Å²) < 4.78 is 0. The second-order valence-electron chi connectivity index (χ2n) is 3.06. The minimum Gasteiger partial charge on any atom is -0.395 e. The maximum absolute atomic E-state index is 11.2. The van der Waals surface area contributed by atoms with Gasteiger partial charge in [0.2, 0.25) is 5.95 Å². The molecule has 0 saturated heterocycles. The highest BCUT2D eigenvalue weighted by Crippen LogP contribution is 2.02. The smallest absolute Gasteiger partial charge is 0.252 e. The molecular formula is C9H15N3O2. The molecule has 1 aromatic rings. The van der Waals surface area contributed by atoms with Gasteiger partial charge in [-0.15, -0.1) is 0 Å². The van der Waals surface area contributed by atoms with Crippen LogP contribution in [-0.4, -0.2) is 35.3 Å². The van der Waals surface area contributed by atoms with E-state index in [0.717, 1.165) is 12.1 Å². The van der Waals surface area contributed by atoms with E-state index in [4.69, 9.17) is 5.11 Å². The number of anilines is 1. The van der Waals surface area contributed by atoms with Crippen molar-refractivity contribution in [1.29, 1.82) is 0 Å². The normalized spacial score (nSPS) is 10.2. The molecule has 0 aliphatic heterocycles. The fraction of sp³-hybridized carbons (Fsp3) is 0.556. The van der Waals surface area contributed by atoms with Gasteiger partial charge in [-0.25, -0.2) is 4.98 Å². The molecule has 0 aliphatic carbocycles. The van der Waals surface area contributed by atoms with Gasteiger partial charge in [-0.3, -0.25) is 9.78 Å². The number of likely N-dealkylation sites (N-methyl/N-ethyl adjacent to an activating group) is 1. The molecule has 0 atom stereocenters. The Morgan fingerprint density at radius 1 is 1.64 bits per heavy atom. The number of rotatable bonds is 4. The number of H-pyrrole nitrogens is 1. The average molecular weight is 197 g/mol. The molecule has 0 aromatic carbocycles. The highest BCUT2D eigenvalue weighted by Gasteiger charge is 2.04. The van der Waals surface area contributed by atoms with Gasteiger partial charge >= 0.3 is 0 Å². The van der Waals surface area contributed by atoms with E-state index in [1.54, 1.807) is 11.9 Å². The van der Waals surface area contributed by atoms with Crippen molar-refractivity contribution in [3.63, 3.8) is 0 Å². The summed E-state index contributed by atoms with van der Waals surface area (Å²) in [5.41, 5.74) is 0.602. The topological polar surface area (TPSA) is 69.2 Å². The lowest BCUT2D eigenvalue weighted by molar-refractivity contribution is 0.303. The third kappa shape index (κ3) is 2.56. The third-order valence-electron chi connectivity index (χ3n) is 1.94. The lowest BCUT2D eigenvalue weighted by Crippen LogP contribution is -2.26. The van der Waals surface area contributed by atoms with E-state index in [9.17, 15) is 4.79 Å². The van der Waals surface area contributed by atoms with Crippen LogP contribution in [0.2, 0.25) is 0 Å². The molecule has 0 unspecified atom stereocenters. The Morgan fingerprint density at radius 2 is 2.36 bits per heavy atom. The van der Waals surface area contributed by atoms with Crippen molar-refractivity contribution in [2.24, 2.45) is 0 Å². The molecule has 5 heteroatoms. The van der Waals surface area contributed by atoms with Gasteiger partial charge < -0.3 is 10.0 Å². The second-order valence-corrected chi connectivity index (χ2v) is 3.06. The Bertz CT molecular complexity index is 348. The Hall–Kier alpha value is -1.36. The Kier molecular flexibility index (Phi) is 3.64. The van der Waals surface area contributed by atoms with Crippen molar-refractivity contribution in [3.8, 4) is 0 Å². The van der Waals surface area contributed by atoms with Crippen LogP contribution in [-0.2, 0) is 6.42 Å². The molecular weight excluding hydrogens is 182 g/mol. The number of nitrogens with zero attached hydrogens (tertiary/aromatic N) is 2. The van der Waals surface area contributed by atoms with Gasteiger partial charge in [0.25, 0.3) is 5.56 Å². The predicted molar refractivity (Wildman–Crippen MR) is 54.6 cm³/mol. The van der Waals surface area contributed by atoms with Crippen LogP contribution in [0.25, 0.3) is 0 Å². The van der Waals surface area contributed by atoms with Gasteiger partial charge in [-0.2, -0.15) is 0 Å². The molecule has 5 nitrogen and oxygen atoms in total. The quantitative estimate of drug-likeness (QED) is 0.699. The molecule has 0 saturated carbocycles.